The van der Waals surface area contributed by atoms with Gasteiger partial charge in [0.25, 0.3) is 5.91 Å². The van der Waals surface area contributed by atoms with Gasteiger partial charge in [0.15, 0.2) is 5.82 Å². The number of H-pyrrole nitrogens is 1. The first-order valence-electron chi connectivity index (χ1n) is 9.90. The summed E-state index contributed by atoms with van der Waals surface area (Å²) in [7, 11) is 3.27. The van der Waals surface area contributed by atoms with E-state index in [2.05, 4.69) is 15.5 Å². The predicted molar refractivity (Wildman–Crippen MR) is 117 cm³/mol. The van der Waals surface area contributed by atoms with Crippen LogP contribution in [-0.2, 0) is 19.3 Å². The van der Waals surface area contributed by atoms with Gasteiger partial charge in [-0.05, 0) is 56.0 Å². The summed E-state index contributed by atoms with van der Waals surface area (Å²) in [5.74, 6) is 1.83. The molecule has 7 nitrogen and oxygen atoms in total. The Labute approximate surface area is 176 Å². The van der Waals surface area contributed by atoms with E-state index < -0.39 is 0 Å². The third-order valence-corrected chi connectivity index (χ3v) is 4.82. The van der Waals surface area contributed by atoms with Crippen molar-refractivity contribution in [2.75, 3.05) is 19.5 Å². The maximum atomic E-state index is 12.6. The number of aromatic nitrogens is 2. The first-order chi connectivity index (χ1) is 14.5. The first-order valence-corrected chi connectivity index (χ1v) is 9.90. The minimum absolute atomic E-state index is 0.0642. The highest BCUT2D eigenvalue weighted by Gasteiger charge is 2.17. The number of anilines is 1. The van der Waals surface area contributed by atoms with E-state index in [4.69, 9.17) is 15.2 Å². The van der Waals surface area contributed by atoms with Gasteiger partial charge < -0.3 is 20.5 Å². The van der Waals surface area contributed by atoms with E-state index in [1.54, 1.807) is 26.4 Å². The topological polar surface area (TPSA) is 102 Å². The molecule has 0 radical (unpaired) electrons. The van der Waals surface area contributed by atoms with Gasteiger partial charge in [-0.2, -0.15) is 5.10 Å². The molecule has 0 saturated carbocycles. The quantitative estimate of drug-likeness (QED) is 0.504. The number of ether oxygens (including phenoxy) is 2. The lowest BCUT2D eigenvalue weighted by atomic mass is 10.0. The normalized spacial score (nSPS) is 11.7. The Bertz CT molecular complexity index is 961. The van der Waals surface area contributed by atoms with Crippen LogP contribution in [0.4, 0.5) is 5.82 Å². The number of benzene rings is 2. The molecular formula is C23H28N4O3. The molecule has 1 amide bonds. The zero-order valence-electron chi connectivity index (χ0n) is 17.6. The number of nitrogens with zero attached hydrogens (tertiary/aromatic N) is 1. The molecule has 4 N–H and O–H groups in total. The highest BCUT2D eigenvalue weighted by molar-refractivity contribution is 6.04. The first kappa shape index (κ1) is 21.4. The second-order valence-electron chi connectivity index (χ2n) is 7.25. The number of methoxy groups -OCH3 is 2. The molecule has 0 aliphatic rings. The van der Waals surface area contributed by atoms with Crippen LogP contribution in [0.3, 0.4) is 0 Å². The average Bonchev–Trinajstić information content (AvgIpc) is 3.12. The summed E-state index contributed by atoms with van der Waals surface area (Å²) in [6.07, 6.45) is 2.08. The number of rotatable bonds is 9. The Morgan fingerprint density at radius 2 is 1.77 bits per heavy atom. The number of hydrogen-bond acceptors (Lipinski definition) is 5. The fourth-order valence-electron chi connectivity index (χ4n) is 3.30. The van der Waals surface area contributed by atoms with Gasteiger partial charge in [-0.25, -0.2) is 0 Å². The van der Waals surface area contributed by atoms with Crippen LogP contribution >= 0.6 is 0 Å². The Morgan fingerprint density at radius 1 is 1.10 bits per heavy atom. The monoisotopic (exact) mass is 408 g/mol. The summed E-state index contributed by atoms with van der Waals surface area (Å²) < 4.78 is 10.7. The molecule has 0 saturated heterocycles. The molecule has 158 valence electrons. The summed E-state index contributed by atoms with van der Waals surface area (Å²) in [4.78, 5) is 12.6. The molecule has 30 heavy (non-hydrogen) atoms. The van der Waals surface area contributed by atoms with Gasteiger partial charge in [-0.3, -0.25) is 9.89 Å². The van der Waals surface area contributed by atoms with Crippen molar-refractivity contribution >= 4 is 11.7 Å². The van der Waals surface area contributed by atoms with Crippen molar-refractivity contribution < 1.29 is 14.3 Å². The molecule has 0 spiro atoms. The molecule has 0 bridgehead atoms. The van der Waals surface area contributed by atoms with Crippen molar-refractivity contribution in [2.45, 2.75) is 32.2 Å². The van der Waals surface area contributed by atoms with Crippen LogP contribution < -0.4 is 20.5 Å². The smallest absolute Gasteiger partial charge is 0.256 e. The molecule has 1 atom stereocenters. The van der Waals surface area contributed by atoms with Crippen LogP contribution in [0, 0.1) is 0 Å². The van der Waals surface area contributed by atoms with E-state index in [1.165, 1.54) is 0 Å². The highest BCUT2D eigenvalue weighted by atomic mass is 16.5. The Balaban J connectivity index is 1.79. The standard InChI is InChI=1S/C23H28N4O3/c1-15(24)11-20-21(10-9-16-12-18(29-2)14-19(13-16)30-3)26-27-22(20)25-23(28)17-7-5-4-6-8-17/h4-8,12-15H,9-11,24H2,1-3H3,(H2,25,26,27,28). The van der Waals surface area contributed by atoms with Crippen molar-refractivity contribution in [1.29, 1.82) is 0 Å². The van der Waals surface area contributed by atoms with Crippen LogP contribution in [0.1, 0.15) is 34.1 Å². The number of aromatic amines is 1. The summed E-state index contributed by atoms with van der Waals surface area (Å²) in [6, 6.07) is 14.8. The van der Waals surface area contributed by atoms with Gasteiger partial charge >= 0.3 is 0 Å². The summed E-state index contributed by atoms with van der Waals surface area (Å²) in [5, 5.41) is 10.3. The Kier molecular flexibility index (Phi) is 7.08. The van der Waals surface area contributed by atoms with Crippen molar-refractivity contribution in [3.05, 3.63) is 70.9 Å². The number of nitrogens with two attached hydrogens (primary N) is 1. The van der Waals surface area contributed by atoms with E-state index in [0.717, 1.165) is 34.7 Å². The maximum Gasteiger partial charge on any atom is 0.256 e. The number of amides is 1. The zero-order valence-corrected chi connectivity index (χ0v) is 17.6. The van der Waals surface area contributed by atoms with Crippen LogP contribution in [0.25, 0.3) is 0 Å². The molecule has 1 aromatic heterocycles. The molecule has 2 aromatic carbocycles. The molecule has 0 aliphatic carbocycles. The third-order valence-electron chi connectivity index (χ3n) is 4.82. The van der Waals surface area contributed by atoms with E-state index >= 15 is 0 Å². The van der Waals surface area contributed by atoms with E-state index in [9.17, 15) is 4.79 Å². The van der Waals surface area contributed by atoms with Gasteiger partial charge in [0, 0.05) is 28.9 Å². The van der Waals surface area contributed by atoms with Crippen molar-refractivity contribution in [3.63, 3.8) is 0 Å². The van der Waals surface area contributed by atoms with Crippen LogP contribution in [-0.4, -0.2) is 36.4 Å². The summed E-state index contributed by atoms with van der Waals surface area (Å²) >= 11 is 0. The zero-order chi connectivity index (χ0) is 21.5. The number of hydrogen-bond donors (Lipinski definition) is 3. The summed E-state index contributed by atoms with van der Waals surface area (Å²) in [6.45, 7) is 1.94. The highest BCUT2D eigenvalue weighted by Crippen LogP contribution is 2.25. The van der Waals surface area contributed by atoms with Gasteiger partial charge in [-0.15, -0.1) is 0 Å². The minimum atomic E-state index is -0.197. The van der Waals surface area contributed by atoms with Crippen molar-refractivity contribution in [3.8, 4) is 11.5 Å². The minimum Gasteiger partial charge on any atom is -0.497 e. The lowest BCUT2D eigenvalue weighted by Gasteiger charge is -2.11. The van der Waals surface area contributed by atoms with Gasteiger partial charge in [0.05, 0.1) is 14.2 Å². The van der Waals surface area contributed by atoms with Gasteiger partial charge in [0.2, 0.25) is 0 Å². The molecular weight excluding hydrogens is 380 g/mol. The number of aryl methyl sites for hydroxylation is 2. The largest absolute Gasteiger partial charge is 0.497 e. The van der Waals surface area contributed by atoms with Gasteiger partial charge in [0.1, 0.15) is 11.5 Å². The Morgan fingerprint density at radius 3 is 2.37 bits per heavy atom. The van der Waals surface area contributed by atoms with Crippen LogP contribution in [0.2, 0.25) is 0 Å². The second-order valence-corrected chi connectivity index (χ2v) is 7.25. The van der Waals surface area contributed by atoms with E-state index in [-0.39, 0.29) is 11.9 Å². The van der Waals surface area contributed by atoms with E-state index in [0.29, 0.717) is 24.2 Å². The Hall–Kier alpha value is -3.32. The molecule has 3 aromatic rings. The SMILES string of the molecule is COc1cc(CCc2[nH]nc(NC(=O)c3ccccc3)c2CC(C)N)cc(OC)c1. The fraction of sp³-hybridized carbons (Fsp3) is 0.304. The van der Waals surface area contributed by atoms with Crippen molar-refractivity contribution in [1.82, 2.24) is 10.2 Å². The molecule has 0 aliphatic heterocycles. The second kappa shape index (κ2) is 9.93. The lowest BCUT2D eigenvalue weighted by molar-refractivity contribution is 0.102. The number of nitrogens with one attached hydrogen (secondary N) is 2. The molecule has 0 fully saturated rings. The predicted octanol–water partition coefficient (Wildman–Crippen LogP) is 3.35. The van der Waals surface area contributed by atoms with Gasteiger partial charge in [-0.1, -0.05) is 18.2 Å². The van der Waals surface area contributed by atoms with Crippen molar-refractivity contribution in [2.24, 2.45) is 5.73 Å². The molecule has 1 heterocycles. The molecule has 1 unspecified atom stereocenters. The fourth-order valence-corrected chi connectivity index (χ4v) is 3.30. The molecule has 3 rings (SSSR count). The summed E-state index contributed by atoms with van der Waals surface area (Å²) in [5.41, 5.74) is 9.62. The number of carbonyl (C=O) groups excluding carboxylic acids is 1. The third kappa shape index (κ3) is 5.39. The lowest BCUT2D eigenvalue weighted by Crippen LogP contribution is -2.20. The maximum absolute atomic E-state index is 12.6. The van der Waals surface area contributed by atoms with Crippen LogP contribution in [0.15, 0.2) is 48.5 Å². The molecule has 7 heteroatoms. The average molecular weight is 409 g/mol. The van der Waals surface area contributed by atoms with Crippen LogP contribution in [0.5, 0.6) is 11.5 Å². The van der Waals surface area contributed by atoms with E-state index in [1.807, 2.05) is 43.3 Å². The number of carbonyl (C=O) groups is 1.